The number of rotatable bonds is 4. The van der Waals surface area contributed by atoms with E-state index in [1.165, 1.54) is 6.39 Å². The van der Waals surface area contributed by atoms with Crippen LogP contribution in [0.1, 0.15) is 45.5 Å². The Kier molecular flexibility index (Phi) is 3.85. The van der Waals surface area contributed by atoms with Gasteiger partial charge in [0.1, 0.15) is 5.75 Å². The molecule has 0 saturated carbocycles. The largest absolute Gasteiger partial charge is 0.481 e. The van der Waals surface area contributed by atoms with Crippen LogP contribution in [0.25, 0.3) is 11.5 Å². The van der Waals surface area contributed by atoms with Gasteiger partial charge in [-0.25, -0.2) is 0 Å². The van der Waals surface area contributed by atoms with Crippen LogP contribution in [0.15, 0.2) is 39.6 Å². The minimum atomic E-state index is -0.340. The molecule has 0 aliphatic rings. The molecule has 3 aromatic rings. The topological polar surface area (TPSA) is 87.1 Å². The first kappa shape index (κ1) is 15.2. The first-order chi connectivity index (χ1) is 10.9. The van der Waals surface area contributed by atoms with Crippen molar-refractivity contribution < 1.29 is 13.7 Å². The van der Waals surface area contributed by atoms with Crippen molar-refractivity contribution in [2.24, 2.45) is 0 Å². The Labute approximate surface area is 133 Å². The van der Waals surface area contributed by atoms with Gasteiger partial charge in [-0.1, -0.05) is 25.9 Å². The molecule has 0 spiro atoms. The van der Waals surface area contributed by atoms with Gasteiger partial charge in [0.25, 0.3) is 5.89 Å². The second kappa shape index (κ2) is 5.83. The molecule has 120 valence electrons. The predicted molar refractivity (Wildman–Crippen MR) is 81.8 cm³/mol. The normalized spacial score (nSPS) is 13.0. The van der Waals surface area contributed by atoms with Gasteiger partial charge in [0.05, 0.1) is 0 Å². The minimum absolute atomic E-state index is 0.160. The van der Waals surface area contributed by atoms with Crippen molar-refractivity contribution in [3.63, 3.8) is 0 Å². The Balaban J connectivity index is 1.70. The summed E-state index contributed by atoms with van der Waals surface area (Å²) in [5.41, 5.74) is 0.669. The van der Waals surface area contributed by atoms with E-state index in [4.69, 9.17) is 13.7 Å². The van der Waals surface area contributed by atoms with E-state index in [-0.39, 0.29) is 11.5 Å². The Morgan fingerprint density at radius 1 is 1.13 bits per heavy atom. The highest BCUT2D eigenvalue weighted by Gasteiger charge is 2.23. The molecule has 1 aromatic carbocycles. The number of nitrogens with zero attached hydrogens (tertiary/aromatic N) is 4. The number of ether oxygens (including phenoxy) is 1. The lowest BCUT2D eigenvalue weighted by molar-refractivity contribution is 0.175. The maximum absolute atomic E-state index is 5.84. The average Bonchev–Trinajstić information content (AvgIpc) is 3.19. The summed E-state index contributed by atoms with van der Waals surface area (Å²) in [6, 6.07) is 7.36. The van der Waals surface area contributed by atoms with Gasteiger partial charge >= 0.3 is 0 Å². The Morgan fingerprint density at radius 2 is 1.87 bits per heavy atom. The lowest BCUT2D eigenvalue weighted by Crippen LogP contribution is -2.13. The fourth-order valence-corrected chi connectivity index (χ4v) is 1.93. The molecule has 0 aliphatic heterocycles. The first-order valence-electron chi connectivity index (χ1n) is 7.31. The number of hydrogen-bond acceptors (Lipinski definition) is 7. The van der Waals surface area contributed by atoms with Crippen LogP contribution in [0.2, 0.25) is 0 Å². The highest BCUT2D eigenvalue weighted by molar-refractivity contribution is 5.53. The third-order valence-electron chi connectivity index (χ3n) is 3.23. The fraction of sp³-hybridized carbons (Fsp3) is 0.375. The molecule has 0 bridgehead atoms. The first-order valence-corrected chi connectivity index (χ1v) is 7.31. The Bertz CT molecular complexity index is 757. The van der Waals surface area contributed by atoms with Gasteiger partial charge in [-0.05, 0) is 31.2 Å². The summed E-state index contributed by atoms with van der Waals surface area (Å²) in [7, 11) is 0. The zero-order chi connectivity index (χ0) is 16.4. The van der Waals surface area contributed by atoms with Crippen molar-refractivity contribution in [3.05, 3.63) is 42.4 Å². The van der Waals surface area contributed by atoms with Crippen molar-refractivity contribution in [3.8, 4) is 17.2 Å². The van der Waals surface area contributed by atoms with Crippen LogP contribution in [-0.4, -0.2) is 20.3 Å². The maximum Gasteiger partial charge on any atom is 0.267 e. The van der Waals surface area contributed by atoms with E-state index in [2.05, 4.69) is 20.3 Å². The summed E-state index contributed by atoms with van der Waals surface area (Å²) in [5, 5.41) is 11.5. The molecule has 0 fully saturated rings. The van der Waals surface area contributed by atoms with Gasteiger partial charge in [-0.3, -0.25) is 0 Å². The number of benzene rings is 1. The summed E-state index contributed by atoms with van der Waals surface area (Å²) in [6.45, 7) is 7.96. The van der Waals surface area contributed by atoms with Crippen LogP contribution in [-0.2, 0) is 5.41 Å². The smallest absolute Gasteiger partial charge is 0.267 e. The molecular formula is C16H18N4O3. The van der Waals surface area contributed by atoms with Crippen LogP contribution in [0.3, 0.4) is 0 Å². The van der Waals surface area contributed by atoms with Crippen LogP contribution in [0.4, 0.5) is 0 Å². The van der Waals surface area contributed by atoms with Crippen molar-refractivity contribution in [2.75, 3.05) is 0 Å². The Morgan fingerprint density at radius 3 is 2.43 bits per heavy atom. The summed E-state index contributed by atoms with van der Waals surface area (Å²) in [4.78, 5) is 4.40. The quantitative estimate of drug-likeness (QED) is 0.727. The van der Waals surface area contributed by atoms with Gasteiger partial charge in [-0.15, -0.1) is 10.2 Å². The van der Waals surface area contributed by atoms with Crippen LogP contribution in [0.5, 0.6) is 5.75 Å². The van der Waals surface area contributed by atoms with E-state index in [0.29, 0.717) is 23.4 Å². The third-order valence-corrected chi connectivity index (χ3v) is 3.23. The fourth-order valence-electron chi connectivity index (χ4n) is 1.93. The van der Waals surface area contributed by atoms with Crippen molar-refractivity contribution >= 4 is 0 Å². The van der Waals surface area contributed by atoms with Crippen LogP contribution in [0, 0.1) is 0 Å². The van der Waals surface area contributed by atoms with E-state index in [1.807, 2.05) is 52.0 Å². The minimum Gasteiger partial charge on any atom is -0.481 e. The van der Waals surface area contributed by atoms with Gasteiger partial charge in [0.2, 0.25) is 12.3 Å². The van der Waals surface area contributed by atoms with Crippen LogP contribution < -0.4 is 4.74 Å². The summed E-state index contributed by atoms with van der Waals surface area (Å²) in [5.74, 6) is 2.28. The third kappa shape index (κ3) is 3.39. The lowest BCUT2D eigenvalue weighted by Gasteiger charge is -2.12. The van der Waals surface area contributed by atoms with Crippen LogP contribution >= 0.6 is 0 Å². The van der Waals surface area contributed by atoms with Gasteiger partial charge in [-0.2, -0.15) is 4.98 Å². The molecule has 1 unspecified atom stereocenters. The Hall–Kier alpha value is -2.70. The molecule has 1 atom stereocenters. The molecule has 7 heteroatoms. The maximum atomic E-state index is 5.84. The highest BCUT2D eigenvalue weighted by atomic mass is 16.5. The molecular weight excluding hydrogens is 296 g/mol. The van der Waals surface area contributed by atoms with Crippen molar-refractivity contribution in [1.82, 2.24) is 20.3 Å². The van der Waals surface area contributed by atoms with E-state index in [1.54, 1.807) is 0 Å². The highest BCUT2D eigenvalue weighted by Crippen LogP contribution is 2.26. The molecule has 0 N–H and O–H groups in total. The molecule has 0 radical (unpaired) electrons. The summed E-state index contributed by atoms with van der Waals surface area (Å²) >= 11 is 0. The zero-order valence-electron chi connectivity index (χ0n) is 13.5. The summed E-state index contributed by atoms with van der Waals surface area (Å²) in [6.07, 6.45) is 0.956. The van der Waals surface area contributed by atoms with E-state index in [0.717, 1.165) is 5.56 Å². The average molecular weight is 314 g/mol. The second-order valence-corrected chi connectivity index (χ2v) is 6.23. The lowest BCUT2D eigenvalue weighted by atomic mass is 9.96. The molecule has 3 rings (SSSR count). The molecule has 0 aliphatic carbocycles. The summed E-state index contributed by atoms with van der Waals surface area (Å²) < 4.78 is 16.3. The van der Waals surface area contributed by atoms with E-state index >= 15 is 0 Å². The number of hydrogen-bond donors (Lipinski definition) is 0. The van der Waals surface area contributed by atoms with Gasteiger partial charge < -0.3 is 13.7 Å². The van der Waals surface area contributed by atoms with Gasteiger partial charge in [0.15, 0.2) is 11.9 Å². The SMILES string of the molecule is CC(Oc1ccc(-c2nnco2)cc1)c1nc(C(C)(C)C)no1. The second-order valence-electron chi connectivity index (χ2n) is 6.23. The van der Waals surface area contributed by atoms with Crippen molar-refractivity contribution in [2.45, 2.75) is 39.2 Å². The van der Waals surface area contributed by atoms with Crippen molar-refractivity contribution in [1.29, 1.82) is 0 Å². The number of aromatic nitrogens is 4. The predicted octanol–water partition coefficient (Wildman–Crippen LogP) is 3.56. The van der Waals surface area contributed by atoms with E-state index < -0.39 is 0 Å². The monoisotopic (exact) mass is 314 g/mol. The molecule has 2 heterocycles. The standard InChI is InChI=1S/C16H18N4O3/c1-10(13-18-15(20-23-13)16(2,3)4)22-12-7-5-11(6-8-12)14-19-17-9-21-14/h5-10H,1-4H3. The van der Waals surface area contributed by atoms with E-state index in [9.17, 15) is 0 Å². The molecule has 0 saturated heterocycles. The zero-order valence-corrected chi connectivity index (χ0v) is 13.5. The molecule has 0 amide bonds. The molecule has 7 nitrogen and oxygen atoms in total. The van der Waals surface area contributed by atoms with Gasteiger partial charge in [0, 0.05) is 11.0 Å². The molecule has 2 aromatic heterocycles. The molecule has 23 heavy (non-hydrogen) atoms.